The Morgan fingerprint density at radius 2 is 2.25 bits per heavy atom. The first-order valence-electron chi connectivity index (χ1n) is 5.09. The summed E-state index contributed by atoms with van der Waals surface area (Å²) in [4.78, 5) is 11.6. The molecule has 0 unspecified atom stereocenters. The first kappa shape index (κ1) is 11.0. The smallest absolute Gasteiger partial charge is 0.354 e. The molecule has 4 heteroatoms. The van der Waals surface area contributed by atoms with Gasteiger partial charge in [0.15, 0.2) is 0 Å². The van der Waals surface area contributed by atoms with Crippen molar-refractivity contribution in [2.24, 2.45) is 7.05 Å². The highest BCUT2D eigenvalue weighted by Gasteiger charge is 2.14. The Balaban J connectivity index is 2.35. The second kappa shape index (κ2) is 4.53. The molecule has 0 fully saturated rings. The lowest BCUT2D eigenvalue weighted by atomic mass is 10.2. The Bertz CT molecular complexity index is 485. The van der Waals surface area contributed by atoms with Crippen molar-refractivity contribution in [3.8, 4) is 11.3 Å². The predicted octanol–water partition coefficient (Wildman–Crippen LogP) is 2.93. The van der Waals surface area contributed by atoms with Crippen LogP contribution < -0.4 is 0 Å². The van der Waals surface area contributed by atoms with E-state index >= 15 is 0 Å². The average Bonchev–Trinajstić information content (AvgIpc) is 2.86. The lowest BCUT2D eigenvalue weighted by Gasteiger charge is -2.05. The maximum Gasteiger partial charge on any atom is 0.354 e. The third-order valence-electron chi connectivity index (χ3n) is 2.42. The van der Waals surface area contributed by atoms with Gasteiger partial charge in [0.1, 0.15) is 5.69 Å². The van der Waals surface area contributed by atoms with Crippen LogP contribution in [0, 0.1) is 0 Å². The zero-order valence-corrected chi connectivity index (χ0v) is 10.1. The van der Waals surface area contributed by atoms with E-state index in [1.807, 2.05) is 29.1 Å². The fraction of sp³-hybridized carbons (Fsp3) is 0.250. The molecule has 16 heavy (non-hydrogen) atoms. The van der Waals surface area contributed by atoms with Gasteiger partial charge in [-0.15, -0.1) is 0 Å². The molecule has 2 aromatic heterocycles. The van der Waals surface area contributed by atoms with Gasteiger partial charge in [-0.3, -0.25) is 0 Å². The van der Waals surface area contributed by atoms with Crippen LogP contribution in [-0.2, 0) is 11.8 Å². The molecular weight excluding hydrogens is 222 g/mol. The van der Waals surface area contributed by atoms with Gasteiger partial charge in [-0.05, 0) is 30.5 Å². The number of carbonyl (C=O) groups excluding carboxylic acids is 1. The number of thiophene rings is 1. The summed E-state index contributed by atoms with van der Waals surface area (Å²) in [6.07, 6.45) is 0. The van der Waals surface area contributed by atoms with Gasteiger partial charge >= 0.3 is 5.97 Å². The molecule has 2 aromatic rings. The van der Waals surface area contributed by atoms with Crippen molar-refractivity contribution in [2.75, 3.05) is 6.61 Å². The lowest BCUT2D eigenvalue weighted by Crippen LogP contribution is -2.10. The highest BCUT2D eigenvalue weighted by atomic mass is 32.1. The zero-order valence-electron chi connectivity index (χ0n) is 9.27. The minimum Gasteiger partial charge on any atom is -0.461 e. The number of rotatable bonds is 3. The molecular formula is C12H13NO2S. The average molecular weight is 235 g/mol. The van der Waals surface area contributed by atoms with E-state index in [9.17, 15) is 4.79 Å². The molecule has 0 spiro atoms. The van der Waals surface area contributed by atoms with Gasteiger partial charge < -0.3 is 9.30 Å². The van der Waals surface area contributed by atoms with Crippen LogP contribution in [0.1, 0.15) is 17.4 Å². The molecule has 2 heterocycles. The molecule has 0 bridgehead atoms. The molecule has 0 saturated carbocycles. The summed E-state index contributed by atoms with van der Waals surface area (Å²) >= 11 is 1.64. The van der Waals surface area contributed by atoms with E-state index in [4.69, 9.17) is 4.74 Å². The van der Waals surface area contributed by atoms with Gasteiger partial charge in [-0.2, -0.15) is 11.3 Å². The molecule has 0 radical (unpaired) electrons. The van der Waals surface area contributed by atoms with Crippen LogP contribution in [0.5, 0.6) is 0 Å². The van der Waals surface area contributed by atoms with Crippen molar-refractivity contribution in [1.29, 1.82) is 0 Å². The normalized spacial score (nSPS) is 10.4. The molecule has 0 N–H and O–H groups in total. The van der Waals surface area contributed by atoms with Crippen LogP contribution in [0.2, 0.25) is 0 Å². The number of hydrogen-bond donors (Lipinski definition) is 0. The van der Waals surface area contributed by atoms with Gasteiger partial charge in [0.05, 0.1) is 6.61 Å². The van der Waals surface area contributed by atoms with Crippen LogP contribution in [0.15, 0.2) is 29.0 Å². The summed E-state index contributed by atoms with van der Waals surface area (Å²) in [7, 11) is 1.87. The third kappa shape index (κ3) is 1.88. The Kier molecular flexibility index (Phi) is 3.10. The molecule has 0 aromatic carbocycles. The molecule has 84 valence electrons. The SMILES string of the molecule is CCOC(=O)c1ccc(-c2ccsc2)n1C. The predicted molar refractivity (Wildman–Crippen MR) is 64.7 cm³/mol. The van der Waals surface area contributed by atoms with E-state index in [0.29, 0.717) is 12.3 Å². The number of hydrogen-bond acceptors (Lipinski definition) is 3. The van der Waals surface area contributed by atoms with Gasteiger partial charge in [0.25, 0.3) is 0 Å². The number of esters is 1. The van der Waals surface area contributed by atoms with Gasteiger partial charge in [0.2, 0.25) is 0 Å². The van der Waals surface area contributed by atoms with E-state index in [2.05, 4.69) is 5.38 Å². The van der Waals surface area contributed by atoms with E-state index in [-0.39, 0.29) is 5.97 Å². The standard InChI is InChI=1S/C12H13NO2S/c1-3-15-12(14)11-5-4-10(13(11)2)9-6-7-16-8-9/h4-8H,3H2,1-2H3. The first-order valence-corrected chi connectivity index (χ1v) is 6.03. The fourth-order valence-electron chi connectivity index (χ4n) is 1.62. The van der Waals surface area contributed by atoms with Crippen LogP contribution in [0.25, 0.3) is 11.3 Å². The van der Waals surface area contributed by atoms with Crippen LogP contribution in [0.4, 0.5) is 0 Å². The van der Waals surface area contributed by atoms with Crippen molar-refractivity contribution in [3.05, 3.63) is 34.7 Å². The van der Waals surface area contributed by atoms with Crippen LogP contribution in [-0.4, -0.2) is 17.1 Å². The number of carbonyl (C=O) groups is 1. The van der Waals surface area contributed by atoms with E-state index in [0.717, 1.165) is 11.3 Å². The van der Waals surface area contributed by atoms with Crippen molar-refractivity contribution >= 4 is 17.3 Å². The number of aromatic nitrogens is 1. The Hall–Kier alpha value is -1.55. The highest BCUT2D eigenvalue weighted by Crippen LogP contribution is 2.24. The summed E-state index contributed by atoms with van der Waals surface area (Å²) in [5.74, 6) is -0.272. The Labute approximate surface area is 98.3 Å². The fourth-order valence-corrected chi connectivity index (χ4v) is 2.27. The molecule has 0 aliphatic heterocycles. The van der Waals surface area contributed by atoms with Crippen molar-refractivity contribution in [2.45, 2.75) is 6.92 Å². The maximum atomic E-state index is 11.6. The van der Waals surface area contributed by atoms with Crippen molar-refractivity contribution in [1.82, 2.24) is 4.57 Å². The first-order chi connectivity index (χ1) is 7.74. The quantitative estimate of drug-likeness (QED) is 0.766. The minimum absolute atomic E-state index is 0.272. The van der Waals surface area contributed by atoms with Crippen LogP contribution in [0.3, 0.4) is 0 Å². The Morgan fingerprint density at radius 1 is 1.44 bits per heavy atom. The summed E-state index contributed by atoms with van der Waals surface area (Å²) in [5, 5.41) is 4.08. The lowest BCUT2D eigenvalue weighted by molar-refractivity contribution is 0.0515. The summed E-state index contributed by atoms with van der Waals surface area (Å²) in [6, 6.07) is 5.77. The van der Waals surface area contributed by atoms with E-state index < -0.39 is 0 Å². The number of nitrogens with zero attached hydrogens (tertiary/aromatic N) is 1. The molecule has 0 amide bonds. The molecule has 0 aliphatic carbocycles. The van der Waals surface area contributed by atoms with E-state index in [1.54, 1.807) is 24.3 Å². The second-order valence-corrected chi connectivity index (χ2v) is 4.18. The zero-order chi connectivity index (χ0) is 11.5. The molecule has 3 nitrogen and oxygen atoms in total. The van der Waals surface area contributed by atoms with Gasteiger partial charge in [-0.1, -0.05) is 0 Å². The maximum absolute atomic E-state index is 11.6. The van der Waals surface area contributed by atoms with Crippen molar-refractivity contribution < 1.29 is 9.53 Å². The third-order valence-corrected chi connectivity index (χ3v) is 3.11. The molecule has 2 rings (SSSR count). The summed E-state index contributed by atoms with van der Waals surface area (Å²) < 4.78 is 6.84. The minimum atomic E-state index is -0.272. The van der Waals surface area contributed by atoms with Gasteiger partial charge in [-0.25, -0.2) is 4.79 Å². The van der Waals surface area contributed by atoms with Crippen LogP contribution >= 0.6 is 11.3 Å². The monoisotopic (exact) mass is 235 g/mol. The number of ether oxygens (including phenoxy) is 1. The largest absolute Gasteiger partial charge is 0.461 e. The molecule has 0 aliphatic rings. The van der Waals surface area contributed by atoms with Gasteiger partial charge in [0, 0.05) is 23.7 Å². The van der Waals surface area contributed by atoms with E-state index in [1.165, 1.54) is 0 Å². The second-order valence-electron chi connectivity index (χ2n) is 3.40. The topological polar surface area (TPSA) is 31.2 Å². The summed E-state index contributed by atoms with van der Waals surface area (Å²) in [6.45, 7) is 2.21. The molecule has 0 atom stereocenters. The highest BCUT2D eigenvalue weighted by molar-refractivity contribution is 7.08. The Morgan fingerprint density at radius 3 is 2.88 bits per heavy atom. The summed E-state index contributed by atoms with van der Waals surface area (Å²) in [5.41, 5.74) is 2.75. The van der Waals surface area contributed by atoms with Crippen molar-refractivity contribution in [3.63, 3.8) is 0 Å². The molecule has 0 saturated heterocycles.